The van der Waals surface area contributed by atoms with Crippen molar-refractivity contribution in [3.05, 3.63) is 58.7 Å². The van der Waals surface area contributed by atoms with Crippen molar-refractivity contribution in [1.29, 1.82) is 0 Å². The summed E-state index contributed by atoms with van der Waals surface area (Å²) in [5.74, 6) is 3.44. The first-order valence-electron chi connectivity index (χ1n) is 11.6. The van der Waals surface area contributed by atoms with Crippen LogP contribution in [0.5, 0.6) is 11.5 Å². The molecule has 2 nitrogen and oxygen atoms in total. The summed E-state index contributed by atoms with van der Waals surface area (Å²) < 4.78 is 0. The summed E-state index contributed by atoms with van der Waals surface area (Å²) in [6, 6.07) is 12.0. The first-order valence-corrected chi connectivity index (χ1v) is 11.6. The molecular formula is C27H36O2. The van der Waals surface area contributed by atoms with Crippen LogP contribution in [0.1, 0.15) is 99.3 Å². The number of hydrogen-bond donors (Lipinski definition) is 2. The topological polar surface area (TPSA) is 40.5 Å². The molecule has 29 heavy (non-hydrogen) atoms. The lowest BCUT2D eigenvalue weighted by molar-refractivity contribution is 0.344. The van der Waals surface area contributed by atoms with E-state index < -0.39 is 0 Å². The number of rotatable bonds is 4. The van der Waals surface area contributed by atoms with Crippen LogP contribution in [0.4, 0.5) is 0 Å². The van der Waals surface area contributed by atoms with Gasteiger partial charge in [0.15, 0.2) is 0 Å². The molecule has 0 radical (unpaired) electrons. The van der Waals surface area contributed by atoms with Gasteiger partial charge in [0, 0.05) is 17.5 Å². The van der Waals surface area contributed by atoms with Crippen LogP contribution < -0.4 is 0 Å². The van der Waals surface area contributed by atoms with Crippen molar-refractivity contribution in [2.24, 2.45) is 11.8 Å². The van der Waals surface area contributed by atoms with Crippen molar-refractivity contribution in [1.82, 2.24) is 0 Å². The molecule has 156 valence electrons. The maximum Gasteiger partial charge on any atom is 0.119 e. The first kappa shape index (κ1) is 20.3. The highest BCUT2D eigenvalue weighted by atomic mass is 16.3. The fraction of sp³-hybridized carbons (Fsp3) is 0.556. The van der Waals surface area contributed by atoms with Crippen LogP contribution in [-0.4, -0.2) is 10.2 Å². The van der Waals surface area contributed by atoms with E-state index in [0.717, 1.165) is 23.0 Å². The molecule has 2 aromatic carbocycles. The Morgan fingerprint density at radius 1 is 0.621 bits per heavy atom. The summed E-state index contributed by atoms with van der Waals surface area (Å²) >= 11 is 0. The average molecular weight is 393 g/mol. The van der Waals surface area contributed by atoms with Crippen molar-refractivity contribution in [3.63, 3.8) is 0 Å². The van der Waals surface area contributed by atoms with E-state index in [0.29, 0.717) is 29.8 Å². The lowest BCUT2D eigenvalue weighted by Gasteiger charge is -2.30. The minimum absolute atomic E-state index is 0.382. The van der Waals surface area contributed by atoms with Crippen molar-refractivity contribution >= 4 is 0 Å². The second-order valence-electron chi connectivity index (χ2n) is 9.78. The van der Waals surface area contributed by atoms with E-state index in [1.54, 1.807) is 0 Å². The van der Waals surface area contributed by atoms with Gasteiger partial charge in [0.25, 0.3) is 0 Å². The summed E-state index contributed by atoms with van der Waals surface area (Å²) in [5.41, 5.74) is 4.64. The van der Waals surface area contributed by atoms with Gasteiger partial charge in [0.05, 0.1) is 0 Å². The van der Waals surface area contributed by atoms with Gasteiger partial charge in [-0.15, -0.1) is 0 Å². The molecule has 0 heterocycles. The van der Waals surface area contributed by atoms with Crippen LogP contribution >= 0.6 is 0 Å². The Morgan fingerprint density at radius 2 is 1.00 bits per heavy atom. The third-order valence-corrected chi connectivity index (χ3v) is 7.64. The van der Waals surface area contributed by atoms with Crippen molar-refractivity contribution in [2.75, 3.05) is 0 Å². The molecule has 0 saturated heterocycles. The average Bonchev–Trinajstić information content (AvgIpc) is 2.72. The highest BCUT2D eigenvalue weighted by Gasteiger charge is 2.26. The zero-order valence-electron chi connectivity index (χ0n) is 18.0. The Hall–Kier alpha value is -1.96. The normalized spacial score (nSPS) is 27.7. The maximum atomic E-state index is 10.8. The Bertz CT molecular complexity index is 755. The quantitative estimate of drug-likeness (QED) is 0.574. The summed E-state index contributed by atoms with van der Waals surface area (Å²) in [7, 11) is 0. The zero-order valence-corrected chi connectivity index (χ0v) is 18.0. The van der Waals surface area contributed by atoms with E-state index in [9.17, 15) is 10.2 Å². The number of phenols is 2. The zero-order chi connectivity index (χ0) is 20.4. The van der Waals surface area contributed by atoms with E-state index in [-0.39, 0.29) is 0 Å². The van der Waals surface area contributed by atoms with Crippen molar-refractivity contribution in [3.8, 4) is 11.5 Å². The molecule has 0 atom stereocenters. The van der Waals surface area contributed by atoms with E-state index in [1.807, 2.05) is 24.3 Å². The van der Waals surface area contributed by atoms with Gasteiger partial charge in [-0.2, -0.15) is 0 Å². The van der Waals surface area contributed by atoms with Crippen LogP contribution in [0, 0.1) is 11.8 Å². The second kappa shape index (κ2) is 8.81. The molecular weight excluding hydrogens is 356 g/mol. The van der Waals surface area contributed by atoms with Gasteiger partial charge in [-0.1, -0.05) is 63.8 Å². The smallest absolute Gasteiger partial charge is 0.119 e. The highest BCUT2D eigenvalue weighted by molar-refractivity contribution is 5.50. The molecule has 0 aliphatic heterocycles. The van der Waals surface area contributed by atoms with Crippen molar-refractivity contribution in [2.45, 2.75) is 83.5 Å². The molecule has 2 fully saturated rings. The monoisotopic (exact) mass is 392 g/mol. The van der Waals surface area contributed by atoms with Gasteiger partial charge < -0.3 is 10.2 Å². The molecule has 2 aliphatic carbocycles. The molecule has 0 amide bonds. The van der Waals surface area contributed by atoms with Crippen LogP contribution in [-0.2, 0) is 6.42 Å². The van der Waals surface area contributed by atoms with E-state index in [4.69, 9.17) is 0 Å². The number of benzene rings is 2. The second-order valence-corrected chi connectivity index (χ2v) is 9.78. The molecule has 2 saturated carbocycles. The van der Waals surface area contributed by atoms with Gasteiger partial charge in [0.2, 0.25) is 0 Å². The van der Waals surface area contributed by atoms with Gasteiger partial charge >= 0.3 is 0 Å². The summed E-state index contributed by atoms with van der Waals surface area (Å²) in [4.78, 5) is 0. The standard InChI is InChI=1S/C27H36O2/c1-18-9-13-20(14-10-18)22-5-3-7-26(28)24(22)17-25-23(6-4-8-27(25)29)21-15-11-19(2)12-16-21/h3-8,18-21,28-29H,9-17H2,1-2H3. The number of aromatic hydroxyl groups is 2. The van der Waals surface area contributed by atoms with E-state index in [2.05, 4.69) is 26.0 Å². The minimum Gasteiger partial charge on any atom is -0.508 e. The first-order chi connectivity index (χ1) is 14.0. The van der Waals surface area contributed by atoms with Gasteiger partial charge in [0.1, 0.15) is 11.5 Å². The van der Waals surface area contributed by atoms with Gasteiger partial charge in [-0.25, -0.2) is 0 Å². The molecule has 0 spiro atoms. The fourth-order valence-corrected chi connectivity index (χ4v) is 5.65. The lowest BCUT2D eigenvalue weighted by atomic mass is 9.75. The summed E-state index contributed by atoms with van der Waals surface area (Å²) in [6.07, 6.45) is 10.5. The SMILES string of the molecule is CC1CCC(c2cccc(O)c2Cc2c(O)cccc2C2CCC(C)CC2)CC1. The Morgan fingerprint density at radius 3 is 1.38 bits per heavy atom. The van der Waals surface area contributed by atoms with E-state index in [1.165, 1.54) is 62.5 Å². The molecule has 2 heteroatoms. The fourth-order valence-electron chi connectivity index (χ4n) is 5.65. The van der Waals surface area contributed by atoms with Gasteiger partial charge in [-0.3, -0.25) is 0 Å². The minimum atomic E-state index is 0.382. The maximum absolute atomic E-state index is 10.8. The predicted octanol–water partition coefficient (Wildman–Crippen LogP) is 7.28. The molecule has 2 N–H and O–H groups in total. The number of phenolic OH excluding ortho intramolecular Hbond substituents is 2. The van der Waals surface area contributed by atoms with Crippen LogP contribution in [0.25, 0.3) is 0 Å². The third kappa shape index (κ3) is 4.47. The van der Waals surface area contributed by atoms with E-state index >= 15 is 0 Å². The molecule has 2 aliphatic rings. The largest absolute Gasteiger partial charge is 0.508 e. The summed E-state index contributed by atoms with van der Waals surface area (Å²) in [5, 5.41) is 21.6. The molecule has 2 aromatic rings. The number of hydrogen-bond acceptors (Lipinski definition) is 2. The third-order valence-electron chi connectivity index (χ3n) is 7.64. The molecule has 0 aromatic heterocycles. The predicted molar refractivity (Wildman–Crippen MR) is 120 cm³/mol. The molecule has 0 bridgehead atoms. The lowest BCUT2D eigenvalue weighted by Crippen LogP contribution is -2.14. The van der Waals surface area contributed by atoms with Gasteiger partial charge in [-0.05, 0) is 72.6 Å². The molecule has 0 unspecified atom stereocenters. The Balaban J connectivity index is 1.66. The Labute approximate surface area is 176 Å². The summed E-state index contributed by atoms with van der Waals surface area (Å²) in [6.45, 7) is 4.69. The highest BCUT2D eigenvalue weighted by Crippen LogP contribution is 2.43. The van der Waals surface area contributed by atoms with Crippen LogP contribution in [0.3, 0.4) is 0 Å². The Kier molecular flexibility index (Phi) is 6.18. The van der Waals surface area contributed by atoms with Crippen LogP contribution in [0.2, 0.25) is 0 Å². The molecule has 4 rings (SSSR count). The van der Waals surface area contributed by atoms with Crippen LogP contribution in [0.15, 0.2) is 36.4 Å². The van der Waals surface area contributed by atoms with Crippen molar-refractivity contribution < 1.29 is 10.2 Å².